The van der Waals surface area contributed by atoms with E-state index in [0.717, 1.165) is 55.0 Å². The number of hydrogen-bond donors (Lipinski definition) is 1. The maximum Gasteiger partial charge on any atom is 0.304 e. The lowest BCUT2D eigenvalue weighted by atomic mass is 9.73. The average molecular weight is 519 g/mol. The number of aromatic nitrogens is 2. The molecule has 3 saturated heterocycles. The van der Waals surface area contributed by atoms with Gasteiger partial charge in [0.1, 0.15) is 5.82 Å². The molecular formula is C32H46N4O2. The number of rotatable bonds is 6. The third-order valence-electron chi connectivity index (χ3n) is 11.0. The van der Waals surface area contributed by atoms with Crippen LogP contribution in [0.15, 0.2) is 24.3 Å². The summed E-state index contributed by atoms with van der Waals surface area (Å²) in [5, 5.41) is 9.17. The SMILES string of the molecule is O=C(O)CCN1CC[C@H](c2nc3ccccc3n2[C@H]2C[C@H]3CCC[C@@H](C2)N3C2C[C@@H]3CCCC[C@@H](C2)C3)C1. The van der Waals surface area contributed by atoms with Crippen molar-refractivity contribution in [2.24, 2.45) is 11.8 Å². The first-order valence-corrected chi connectivity index (χ1v) is 15.8. The van der Waals surface area contributed by atoms with Gasteiger partial charge in [-0.1, -0.05) is 44.2 Å². The van der Waals surface area contributed by atoms with Gasteiger partial charge < -0.3 is 14.6 Å². The summed E-state index contributed by atoms with van der Waals surface area (Å²) in [5.74, 6) is 2.93. The summed E-state index contributed by atoms with van der Waals surface area (Å²) in [6, 6.07) is 11.6. The number of piperidine rings is 2. The van der Waals surface area contributed by atoms with E-state index in [1.807, 2.05) is 0 Å². The second-order valence-electron chi connectivity index (χ2n) is 13.4. The molecule has 6 atom stereocenters. The van der Waals surface area contributed by atoms with Crippen molar-refractivity contribution in [1.82, 2.24) is 19.4 Å². The van der Waals surface area contributed by atoms with Gasteiger partial charge in [-0.3, -0.25) is 9.69 Å². The number of fused-ring (bicyclic) bond motifs is 5. The van der Waals surface area contributed by atoms with E-state index in [9.17, 15) is 9.90 Å². The van der Waals surface area contributed by atoms with Crippen molar-refractivity contribution in [2.45, 2.75) is 120 Å². The molecule has 2 aromatic rings. The molecule has 206 valence electrons. The van der Waals surface area contributed by atoms with Crippen molar-refractivity contribution in [3.63, 3.8) is 0 Å². The molecule has 4 bridgehead atoms. The molecule has 3 aliphatic heterocycles. The van der Waals surface area contributed by atoms with Gasteiger partial charge in [0.25, 0.3) is 0 Å². The first-order valence-electron chi connectivity index (χ1n) is 15.8. The maximum atomic E-state index is 11.1. The molecule has 7 rings (SSSR count). The van der Waals surface area contributed by atoms with Crippen LogP contribution in [-0.2, 0) is 4.79 Å². The third kappa shape index (κ3) is 4.81. The molecule has 2 aliphatic carbocycles. The molecule has 0 radical (unpaired) electrons. The molecule has 0 amide bonds. The summed E-state index contributed by atoms with van der Waals surface area (Å²) in [6.45, 7) is 2.57. The Hall–Kier alpha value is -1.92. The van der Waals surface area contributed by atoms with Gasteiger partial charge in [0.05, 0.1) is 17.5 Å². The monoisotopic (exact) mass is 518 g/mol. The van der Waals surface area contributed by atoms with Crippen LogP contribution in [0, 0.1) is 11.8 Å². The van der Waals surface area contributed by atoms with Crippen LogP contribution in [-0.4, -0.2) is 68.2 Å². The minimum Gasteiger partial charge on any atom is -0.481 e. The van der Waals surface area contributed by atoms with E-state index in [1.165, 1.54) is 88.4 Å². The molecular weight excluding hydrogens is 472 g/mol. The molecule has 1 aromatic carbocycles. The molecule has 6 heteroatoms. The number of carboxylic acids is 1. The summed E-state index contributed by atoms with van der Waals surface area (Å²) in [5.41, 5.74) is 2.45. The van der Waals surface area contributed by atoms with E-state index >= 15 is 0 Å². The Balaban J connectivity index is 1.14. The predicted molar refractivity (Wildman–Crippen MR) is 150 cm³/mol. The van der Waals surface area contributed by atoms with E-state index in [1.54, 1.807) is 0 Å². The summed E-state index contributed by atoms with van der Waals surface area (Å²) in [7, 11) is 0. The first-order chi connectivity index (χ1) is 18.6. The largest absolute Gasteiger partial charge is 0.481 e. The molecule has 5 aliphatic rings. The number of hydrogen-bond acceptors (Lipinski definition) is 4. The Labute approximate surface area is 227 Å². The lowest BCUT2D eigenvalue weighted by Gasteiger charge is -2.54. The molecule has 1 N–H and O–H groups in total. The van der Waals surface area contributed by atoms with Crippen molar-refractivity contribution in [1.29, 1.82) is 0 Å². The van der Waals surface area contributed by atoms with E-state index in [0.29, 0.717) is 18.5 Å². The van der Waals surface area contributed by atoms with Gasteiger partial charge >= 0.3 is 5.97 Å². The fraction of sp³-hybridized carbons (Fsp3) is 0.750. The lowest BCUT2D eigenvalue weighted by Crippen LogP contribution is -2.58. The van der Waals surface area contributed by atoms with Crippen molar-refractivity contribution in [3.8, 4) is 0 Å². The van der Waals surface area contributed by atoms with Crippen molar-refractivity contribution >= 4 is 17.0 Å². The minimum absolute atomic E-state index is 0.230. The lowest BCUT2D eigenvalue weighted by molar-refractivity contribution is -0.137. The van der Waals surface area contributed by atoms with Crippen LogP contribution >= 0.6 is 0 Å². The van der Waals surface area contributed by atoms with E-state index < -0.39 is 5.97 Å². The number of aliphatic carboxylic acids is 1. The minimum atomic E-state index is -0.698. The Morgan fingerprint density at radius 3 is 2.32 bits per heavy atom. The van der Waals surface area contributed by atoms with E-state index in [4.69, 9.17) is 4.98 Å². The maximum absolute atomic E-state index is 11.1. The summed E-state index contributed by atoms with van der Waals surface area (Å²) < 4.78 is 2.67. The molecule has 5 fully saturated rings. The zero-order valence-corrected chi connectivity index (χ0v) is 23.0. The Morgan fingerprint density at radius 2 is 1.58 bits per heavy atom. The average Bonchev–Trinajstić information content (AvgIpc) is 3.49. The fourth-order valence-electron chi connectivity index (χ4n) is 9.54. The number of carboxylic acid groups (broad SMARTS) is 1. The number of carbonyl (C=O) groups is 1. The van der Waals surface area contributed by atoms with Crippen LogP contribution in [0.25, 0.3) is 11.0 Å². The van der Waals surface area contributed by atoms with Crippen LogP contribution in [0.2, 0.25) is 0 Å². The van der Waals surface area contributed by atoms with Gasteiger partial charge in [-0.15, -0.1) is 0 Å². The predicted octanol–water partition coefficient (Wildman–Crippen LogP) is 6.22. The highest BCUT2D eigenvalue weighted by atomic mass is 16.4. The fourth-order valence-corrected chi connectivity index (χ4v) is 9.54. The van der Waals surface area contributed by atoms with Crippen molar-refractivity contribution in [2.75, 3.05) is 19.6 Å². The van der Waals surface area contributed by atoms with Crippen LogP contribution in [0.3, 0.4) is 0 Å². The Morgan fingerprint density at radius 1 is 0.842 bits per heavy atom. The van der Waals surface area contributed by atoms with Gasteiger partial charge in [-0.2, -0.15) is 0 Å². The van der Waals surface area contributed by atoms with Crippen LogP contribution in [0.5, 0.6) is 0 Å². The Bertz CT molecular complexity index is 1120. The van der Waals surface area contributed by atoms with Gasteiger partial charge in [0.2, 0.25) is 0 Å². The highest BCUT2D eigenvalue weighted by molar-refractivity contribution is 5.76. The number of benzene rings is 1. The number of para-hydroxylation sites is 2. The second-order valence-corrected chi connectivity index (χ2v) is 13.4. The molecule has 0 spiro atoms. The van der Waals surface area contributed by atoms with E-state index in [-0.39, 0.29) is 6.42 Å². The summed E-state index contributed by atoms with van der Waals surface area (Å²) in [4.78, 5) is 21.8. The molecule has 2 saturated carbocycles. The van der Waals surface area contributed by atoms with Crippen molar-refractivity contribution in [3.05, 3.63) is 30.1 Å². The number of likely N-dealkylation sites (tertiary alicyclic amines) is 1. The topological polar surface area (TPSA) is 61.6 Å². The third-order valence-corrected chi connectivity index (χ3v) is 11.0. The van der Waals surface area contributed by atoms with Gasteiger partial charge in [-0.05, 0) is 81.9 Å². The first kappa shape index (κ1) is 25.1. The molecule has 4 heterocycles. The van der Waals surface area contributed by atoms with Gasteiger partial charge in [0, 0.05) is 43.2 Å². The van der Waals surface area contributed by atoms with Crippen LogP contribution in [0.1, 0.15) is 108 Å². The van der Waals surface area contributed by atoms with Gasteiger partial charge in [-0.25, -0.2) is 4.98 Å². The number of imidazole rings is 1. The molecule has 6 nitrogen and oxygen atoms in total. The number of nitrogens with zero attached hydrogens (tertiary/aromatic N) is 4. The highest BCUT2D eigenvalue weighted by Gasteiger charge is 2.45. The quantitative estimate of drug-likeness (QED) is 0.492. The second kappa shape index (κ2) is 10.6. The van der Waals surface area contributed by atoms with Crippen LogP contribution in [0.4, 0.5) is 0 Å². The normalized spacial score (nSPS) is 36.4. The zero-order chi connectivity index (χ0) is 25.6. The molecule has 1 aromatic heterocycles. The molecule has 0 unspecified atom stereocenters. The highest BCUT2D eigenvalue weighted by Crippen LogP contribution is 2.48. The summed E-state index contributed by atoms with van der Waals surface area (Å²) >= 11 is 0. The standard InChI is InChI=1S/C32H46N4O2/c37-31(38)13-15-34-14-12-24(21-34)32-33-29-10-3-4-11-30(29)36(32)28-19-25-8-5-9-26(20-28)35(25)27-17-22-6-1-2-7-23(16-22)18-27/h3-4,10-11,22-28H,1-2,5-9,12-21H2,(H,37,38)/t22-,23-,24+,25-,26+,28+/m1/s1. The van der Waals surface area contributed by atoms with Gasteiger partial charge in [0.15, 0.2) is 0 Å². The smallest absolute Gasteiger partial charge is 0.304 e. The Kier molecular flexibility index (Phi) is 6.98. The van der Waals surface area contributed by atoms with Crippen molar-refractivity contribution < 1.29 is 9.90 Å². The van der Waals surface area contributed by atoms with E-state index in [2.05, 4.69) is 38.6 Å². The molecule has 38 heavy (non-hydrogen) atoms. The zero-order valence-electron chi connectivity index (χ0n) is 23.0. The van der Waals surface area contributed by atoms with Crippen LogP contribution < -0.4 is 0 Å². The summed E-state index contributed by atoms with van der Waals surface area (Å²) in [6.07, 6.45) is 18.3.